The summed E-state index contributed by atoms with van der Waals surface area (Å²) in [7, 11) is -1.75. The lowest BCUT2D eigenvalue weighted by Gasteiger charge is -2.37. The number of nitrogens with zero attached hydrogens (tertiary/aromatic N) is 2. The molecule has 1 aliphatic carbocycles. The van der Waals surface area contributed by atoms with Crippen LogP contribution in [0.4, 0.5) is 0 Å². The van der Waals surface area contributed by atoms with Crippen LogP contribution in [0.3, 0.4) is 0 Å². The summed E-state index contributed by atoms with van der Waals surface area (Å²) in [5, 5.41) is 9.77. The quantitative estimate of drug-likeness (QED) is 0.634. The maximum Gasteiger partial charge on any atom is 0.247 e. The smallest absolute Gasteiger partial charge is 0.247 e. The largest absolute Gasteiger partial charge is 0.487 e. The first-order chi connectivity index (χ1) is 15.8. The Bertz CT molecular complexity index is 947. The fourth-order valence-corrected chi connectivity index (χ4v) is 6.56. The van der Waals surface area contributed by atoms with Crippen molar-refractivity contribution in [3.05, 3.63) is 23.8 Å². The van der Waals surface area contributed by atoms with Crippen LogP contribution >= 0.6 is 0 Å². The molecular formula is C26H40N2O4S. The number of rotatable bonds is 6. The molecule has 0 saturated heterocycles. The average Bonchev–Trinajstić information content (AvgIpc) is 2.80. The van der Waals surface area contributed by atoms with Gasteiger partial charge in [-0.1, -0.05) is 45.0 Å². The van der Waals surface area contributed by atoms with Crippen molar-refractivity contribution in [1.29, 1.82) is 0 Å². The molecule has 0 bridgehead atoms. The second kappa shape index (κ2) is 11.7. The maximum absolute atomic E-state index is 13.6. The standard InChI is InChI=1S/C26H40N2O4S/c1-5-15-27(4)18-25-20(2)17-28(21(3)19-29)33(30,31)26-14-13-23(16-24(26)32-25)12-11-22-9-7-6-8-10-22/h13-14,16,20-22,25,29H,5-10,15,17-19H2,1-4H3/t20-,21-,25-/m0/s1. The third kappa shape index (κ3) is 6.51. The summed E-state index contributed by atoms with van der Waals surface area (Å²) < 4.78 is 35.0. The highest BCUT2D eigenvalue weighted by atomic mass is 32.2. The molecule has 0 aromatic heterocycles. The van der Waals surface area contributed by atoms with E-state index >= 15 is 0 Å². The van der Waals surface area contributed by atoms with E-state index in [0.717, 1.165) is 31.4 Å². The summed E-state index contributed by atoms with van der Waals surface area (Å²) in [6.45, 7) is 7.63. The normalized spacial score (nSPS) is 24.7. The van der Waals surface area contributed by atoms with Crippen LogP contribution in [0.2, 0.25) is 0 Å². The van der Waals surface area contributed by atoms with Crippen molar-refractivity contribution < 1.29 is 18.3 Å². The molecule has 1 fully saturated rings. The van der Waals surface area contributed by atoms with Crippen LogP contribution in [0.5, 0.6) is 5.75 Å². The summed E-state index contributed by atoms with van der Waals surface area (Å²) in [5.74, 6) is 7.40. The molecule has 0 unspecified atom stereocenters. The molecule has 1 aliphatic heterocycles. The monoisotopic (exact) mass is 476 g/mol. The lowest BCUT2D eigenvalue weighted by molar-refractivity contribution is 0.0752. The average molecular weight is 477 g/mol. The van der Waals surface area contributed by atoms with Gasteiger partial charge in [-0.3, -0.25) is 0 Å². The van der Waals surface area contributed by atoms with Crippen LogP contribution in [0, 0.1) is 23.7 Å². The van der Waals surface area contributed by atoms with E-state index in [-0.39, 0.29) is 23.5 Å². The Morgan fingerprint density at radius 1 is 1.27 bits per heavy atom. The topological polar surface area (TPSA) is 70.1 Å². The second-order valence-corrected chi connectivity index (χ2v) is 11.6. The summed E-state index contributed by atoms with van der Waals surface area (Å²) in [6, 6.07) is 4.68. The summed E-state index contributed by atoms with van der Waals surface area (Å²) in [4.78, 5) is 2.38. The molecule has 1 heterocycles. The lowest BCUT2D eigenvalue weighted by Crippen LogP contribution is -2.49. The van der Waals surface area contributed by atoms with Gasteiger partial charge in [0.25, 0.3) is 0 Å². The van der Waals surface area contributed by atoms with Crippen molar-refractivity contribution in [3.63, 3.8) is 0 Å². The molecule has 33 heavy (non-hydrogen) atoms. The van der Waals surface area contributed by atoms with Crippen molar-refractivity contribution in [2.75, 3.05) is 33.3 Å². The Labute approximate surface area is 200 Å². The molecule has 0 spiro atoms. The van der Waals surface area contributed by atoms with Crippen molar-refractivity contribution >= 4 is 10.0 Å². The Balaban J connectivity index is 1.99. The molecule has 0 radical (unpaired) electrons. The number of aliphatic hydroxyl groups excluding tert-OH is 1. The van der Waals surface area contributed by atoms with Crippen molar-refractivity contribution in [3.8, 4) is 17.6 Å². The van der Waals surface area contributed by atoms with Gasteiger partial charge in [0.2, 0.25) is 10.0 Å². The highest BCUT2D eigenvalue weighted by molar-refractivity contribution is 7.89. The van der Waals surface area contributed by atoms with E-state index < -0.39 is 16.1 Å². The molecule has 6 nitrogen and oxygen atoms in total. The first-order valence-electron chi connectivity index (χ1n) is 12.4. The van der Waals surface area contributed by atoms with Gasteiger partial charge in [-0.25, -0.2) is 8.42 Å². The minimum atomic E-state index is -3.81. The van der Waals surface area contributed by atoms with E-state index in [2.05, 4.69) is 30.7 Å². The van der Waals surface area contributed by atoms with Gasteiger partial charge in [-0.05, 0) is 58.0 Å². The number of fused-ring (bicyclic) bond motifs is 1. The highest BCUT2D eigenvalue weighted by Gasteiger charge is 2.38. The third-order valence-corrected chi connectivity index (χ3v) is 8.81. The van der Waals surface area contributed by atoms with E-state index in [1.165, 1.54) is 23.6 Å². The summed E-state index contributed by atoms with van der Waals surface area (Å²) in [5.41, 5.74) is 0.783. The fourth-order valence-electron chi connectivity index (χ4n) is 4.73. The molecule has 184 valence electrons. The Morgan fingerprint density at radius 3 is 2.67 bits per heavy atom. The van der Waals surface area contributed by atoms with E-state index in [4.69, 9.17) is 4.74 Å². The van der Waals surface area contributed by atoms with E-state index in [1.54, 1.807) is 25.1 Å². The molecule has 1 aromatic carbocycles. The minimum absolute atomic E-state index is 0.0433. The number of hydrogen-bond donors (Lipinski definition) is 1. The van der Waals surface area contributed by atoms with Crippen molar-refractivity contribution in [1.82, 2.24) is 9.21 Å². The number of ether oxygens (including phenoxy) is 1. The van der Waals surface area contributed by atoms with Crippen LogP contribution in [0.25, 0.3) is 0 Å². The Morgan fingerprint density at radius 2 is 2.00 bits per heavy atom. The molecule has 0 amide bonds. The molecule has 7 heteroatoms. The van der Waals surface area contributed by atoms with Gasteiger partial charge in [0.1, 0.15) is 16.7 Å². The Hall–Kier alpha value is -1.59. The maximum atomic E-state index is 13.6. The predicted octanol–water partition coefficient (Wildman–Crippen LogP) is 3.73. The molecule has 1 saturated carbocycles. The fraction of sp³-hybridized carbons (Fsp3) is 0.692. The second-order valence-electron chi connectivity index (χ2n) is 9.77. The lowest BCUT2D eigenvalue weighted by atomic mass is 9.90. The Kier molecular flexibility index (Phi) is 9.23. The van der Waals surface area contributed by atoms with Crippen LogP contribution in [-0.2, 0) is 10.0 Å². The first-order valence-corrected chi connectivity index (χ1v) is 13.8. The number of hydrogen-bond acceptors (Lipinski definition) is 5. The van der Waals surface area contributed by atoms with Gasteiger partial charge in [0, 0.05) is 36.5 Å². The number of likely N-dealkylation sites (N-methyl/N-ethyl adjacent to an activating group) is 1. The van der Waals surface area contributed by atoms with Crippen molar-refractivity contribution in [2.24, 2.45) is 11.8 Å². The zero-order valence-corrected chi connectivity index (χ0v) is 21.4. The van der Waals surface area contributed by atoms with Crippen LogP contribution in [0.1, 0.15) is 64.9 Å². The van der Waals surface area contributed by atoms with Gasteiger partial charge in [0.05, 0.1) is 6.61 Å². The van der Waals surface area contributed by atoms with Crippen molar-refractivity contribution in [2.45, 2.75) is 76.3 Å². The third-order valence-electron chi connectivity index (χ3n) is 6.79. The molecule has 3 atom stereocenters. The van der Waals surface area contributed by atoms with Gasteiger partial charge in [-0.15, -0.1) is 0 Å². The highest BCUT2D eigenvalue weighted by Crippen LogP contribution is 2.34. The number of sulfonamides is 1. The van der Waals surface area contributed by atoms with Crippen LogP contribution in [-0.4, -0.2) is 68.2 Å². The molecule has 2 aliphatic rings. The molecular weight excluding hydrogens is 436 g/mol. The SMILES string of the molecule is CCCN(C)C[C@@H]1Oc2cc(C#CC3CCCCC3)ccc2S(=O)(=O)N([C@@H](C)CO)C[C@@H]1C. The number of benzene rings is 1. The predicted molar refractivity (Wildman–Crippen MR) is 132 cm³/mol. The molecule has 3 rings (SSSR count). The molecule has 1 aromatic rings. The van der Waals surface area contributed by atoms with Gasteiger partial charge in [-0.2, -0.15) is 4.31 Å². The summed E-state index contributed by atoms with van der Waals surface area (Å²) in [6.07, 6.45) is 6.89. The zero-order chi connectivity index (χ0) is 24.0. The van der Waals surface area contributed by atoms with Gasteiger partial charge >= 0.3 is 0 Å². The van der Waals surface area contributed by atoms with Crippen LogP contribution < -0.4 is 4.74 Å². The van der Waals surface area contributed by atoms with E-state index in [1.807, 2.05) is 6.92 Å². The minimum Gasteiger partial charge on any atom is -0.487 e. The first kappa shape index (κ1) is 26.0. The van der Waals surface area contributed by atoms with E-state index in [9.17, 15) is 13.5 Å². The van der Waals surface area contributed by atoms with Gasteiger partial charge < -0.3 is 14.7 Å². The zero-order valence-electron chi connectivity index (χ0n) is 20.6. The van der Waals surface area contributed by atoms with E-state index in [0.29, 0.717) is 24.8 Å². The van der Waals surface area contributed by atoms with Crippen LogP contribution in [0.15, 0.2) is 23.1 Å². The summed E-state index contributed by atoms with van der Waals surface area (Å²) >= 11 is 0. The molecule has 1 N–H and O–H groups in total. The van der Waals surface area contributed by atoms with Gasteiger partial charge in [0.15, 0.2) is 0 Å². The number of aliphatic hydroxyl groups is 1.